The van der Waals surface area contributed by atoms with Crippen molar-refractivity contribution in [2.24, 2.45) is 0 Å². The molecule has 0 fully saturated rings. The first kappa shape index (κ1) is 18.1. The Kier molecular flexibility index (Phi) is 6.50. The Labute approximate surface area is 147 Å². The molecule has 0 saturated heterocycles. The summed E-state index contributed by atoms with van der Waals surface area (Å²) < 4.78 is 0. The Balaban J connectivity index is 1.82. The van der Waals surface area contributed by atoms with Crippen molar-refractivity contribution in [3.63, 3.8) is 0 Å². The molecule has 0 unspecified atom stereocenters. The first-order valence-corrected chi connectivity index (χ1v) is 8.32. The largest absolute Gasteiger partial charge is 0.337 e. The van der Waals surface area contributed by atoms with Crippen molar-refractivity contribution in [1.82, 2.24) is 9.88 Å². The smallest absolute Gasteiger partial charge is 0.222 e. The van der Waals surface area contributed by atoms with Crippen LogP contribution in [-0.4, -0.2) is 28.6 Å². The Hall–Kier alpha value is -2.20. The Bertz CT molecular complexity index is 686. The number of ketones is 1. The molecule has 0 radical (unpaired) electrons. The van der Waals surface area contributed by atoms with Crippen LogP contribution >= 0.6 is 11.6 Å². The Morgan fingerprint density at radius 3 is 2.46 bits per heavy atom. The topological polar surface area (TPSA) is 50.3 Å². The van der Waals surface area contributed by atoms with E-state index in [0.717, 1.165) is 5.69 Å². The van der Waals surface area contributed by atoms with Crippen LogP contribution in [0, 0.1) is 0 Å². The maximum absolute atomic E-state index is 12.3. The van der Waals surface area contributed by atoms with E-state index in [4.69, 9.17) is 11.6 Å². The summed E-state index contributed by atoms with van der Waals surface area (Å²) in [5.74, 6) is 0.0388. The fraction of sp³-hybridized carbons (Fsp3) is 0.316. The van der Waals surface area contributed by atoms with Crippen LogP contribution in [-0.2, 0) is 4.79 Å². The molecule has 1 heterocycles. The zero-order chi connectivity index (χ0) is 17.5. The van der Waals surface area contributed by atoms with Crippen molar-refractivity contribution in [3.8, 4) is 0 Å². The second-order valence-electron chi connectivity index (χ2n) is 5.72. The van der Waals surface area contributed by atoms with E-state index in [2.05, 4.69) is 4.98 Å². The lowest BCUT2D eigenvalue weighted by Crippen LogP contribution is -2.30. The molecule has 5 heteroatoms. The van der Waals surface area contributed by atoms with E-state index < -0.39 is 0 Å². The number of nitrogens with zero attached hydrogens (tertiary/aromatic N) is 2. The van der Waals surface area contributed by atoms with Crippen molar-refractivity contribution in [2.75, 3.05) is 7.05 Å². The molecule has 1 atom stereocenters. The zero-order valence-corrected chi connectivity index (χ0v) is 14.7. The molecule has 0 bridgehead atoms. The van der Waals surface area contributed by atoms with Crippen LogP contribution in [0.2, 0.25) is 5.02 Å². The van der Waals surface area contributed by atoms with Gasteiger partial charge < -0.3 is 4.90 Å². The molecular weight excluding hydrogens is 324 g/mol. The highest BCUT2D eigenvalue weighted by Crippen LogP contribution is 2.18. The fourth-order valence-electron chi connectivity index (χ4n) is 2.39. The summed E-state index contributed by atoms with van der Waals surface area (Å²) in [5, 5.41) is 0.604. The summed E-state index contributed by atoms with van der Waals surface area (Å²) in [6.45, 7) is 1.94. The van der Waals surface area contributed by atoms with Crippen LogP contribution in [0.25, 0.3) is 0 Å². The number of hydrogen-bond donors (Lipinski definition) is 0. The quantitative estimate of drug-likeness (QED) is 0.703. The molecule has 4 nitrogen and oxygen atoms in total. The van der Waals surface area contributed by atoms with Gasteiger partial charge in [-0.3, -0.25) is 14.6 Å². The van der Waals surface area contributed by atoms with Crippen LogP contribution in [0.3, 0.4) is 0 Å². The number of Topliss-reactive ketones (excluding diaryl/α,β-unsaturated/α-hetero) is 1. The van der Waals surface area contributed by atoms with Crippen molar-refractivity contribution < 1.29 is 9.59 Å². The molecule has 1 aromatic carbocycles. The number of carbonyl (C=O) groups is 2. The highest BCUT2D eigenvalue weighted by atomic mass is 35.5. The van der Waals surface area contributed by atoms with Gasteiger partial charge in [-0.05, 0) is 49.7 Å². The Morgan fingerprint density at radius 1 is 1.12 bits per heavy atom. The average Bonchev–Trinajstić information content (AvgIpc) is 2.61. The first-order valence-electron chi connectivity index (χ1n) is 7.94. The molecule has 0 saturated carbocycles. The van der Waals surface area contributed by atoms with Crippen molar-refractivity contribution >= 4 is 23.3 Å². The molecule has 1 aromatic heterocycles. The highest BCUT2D eigenvalue weighted by molar-refractivity contribution is 6.30. The van der Waals surface area contributed by atoms with Crippen LogP contribution in [0.5, 0.6) is 0 Å². The van der Waals surface area contributed by atoms with Gasteiger partial charge in [0.2, 0.25) is 5.91 Å². The molecule has 0 aliphatic carbocycles. The molecule has 0 aliphatic heterocycles. The van der Waals surface area contributed by atoms with Gasteiger partial charge in [-0.25, -0.2) is 0 Å². The second kappa shape index (κ2) is 8.60. The van der Waals surface area contributed by atoms with Crippen molar-refractivity contribution in [1.29, 1.82) is 0 Å². The van der Waals surface area contributed by atoms with E-state index in [1.54, 1.807) is 42.4 Å². The third-order valence-corrected chi connectivity index (χ3v) is 4.30. The van der Waals surface area contributed by atoms with Gasteiger partial charge in [0.1, 0.15) is 0 Å². The van der Waals surface area contributed by atoms with E-state index >= 15 is 0 Å². The monoisotopic (exact) mass is 344 g/mol. The molecular formula is C19H21ClN2O2. The maximum atomic E-state index is 12.3. The zero-order valence-electron chi connectivity index (χ0n) is 13.9. The molecule has 24 heavy (non-hydrogen) atoms. The van der Waals surface area contributed by atoms with Gasteiger partial charge in [-0.15, -0.1) is 0 Å². The average molecular weight is 345 g/mol. The first-order chi connectivity index (χ1) is 11.5. The van der Waals surface area contributed by atoms with Gasteiger partial charge >= 0.3 is 0 Å². The molecule has 0 aliphatic rings. The minimum Gasteiger partial charge on any atom is -0.337 e. The lowest BCUT2D eigenvalue weighted by Gasteiger charge is -2.24. The van der Waals surface area contributed by atoms with E-state index in [9.17, 15) is 9.59 Å². The highest BCUT2D eigenvalue weighted by Gasteiger charge is 2.18. The van der Waals surface area contributed by atoms with Gasteiger partial charge in [-0.2, -0.15) is 0 Å². The fourth-order valence-corrected chi connectivity index (χ4v) is 2.52. The molecule has 0 N–H and O–H groups in total. The summed E-state index contributed by atoms with van der Waals surface area (Å²) >= 11 is 5.81. The summed E-state index contributed by atoms with van der Waals surface area (Å²) in [6, 6.07) is 12.4. The molecule has 126 valence electrons. The Morgan fingerprint density at radius 2 is 1.83 bits per heavy atom. The lowest BCUT2D eigenvalue weighted by molar-refractivity contribution is -0.131. The SMILES string of the molecule is C[C@H](c1ccccn1)N(C)C(=O)CCCC(=O)c1ccc(Cl)cc1. The third kappa shape index (κ3) is 4.90. The van der Waals surface area contributed by atoms with E-state index in [-0.39, 0.29) is 17.7 Å². The molecule has 1 amide bonds. The van der Waals surface area contributed by atoms with Gasteiger partial charge in [0.25, 0.3) is 0 Å². The number of aromatic nitrogens is 1. The standard InChI is InChI=1S/C19H21ClN2O2/c1-14(17-6-3-4-13-21-17)22(2)19(24)8-5-7-18(23)15-9-11-16(20)12-10-15/h3-4,6,9-14H,5,7-8H2,1-2H3/t14-/m1/s1. The molecule has 0 spiro atoms. The number of halogens is 1. The molecule has 2 rings (SSSR count). The van der Waals surface area contributed by atoms with Gasteiger partial charge in [0, 0.05) is 36.7 Å². The van der Waals surface area contributed by atoms with Gasteiger partial charge in [0.05, 0.1) is 11.7 Å². The lowest BCUT2D eigenvalue weighted by atomic mass is 10.0. The number of pyridine rings is 1. The number of rotatable bonds is 7. The normalized spacial score (nSPS) is 11.8. The van der Waals surface area contributed by atoms with E-state index in [1.165, 1.54) is 0 Å². The van der Waals surface area contributed by atoms with Crippen LogP contribution in [0.1, 0.15) is 48.3 Å². The van der Waals surface area contributed by atoms with Crippen molar-refractivity contribution in [3.05, 3.63) is 64.9 Å². The van der Waals surface area contributed by atoms with E-state index in [1.807, 2.05) is 25.1 Å². The summed E-state index contributed by atoms with van der Waals surface area (Å²) in [4.78, 5) is 30.3. The maximum Gasteiger partial charge on any atom is 0.222 e. The minimum absolute atomic E-state index is 0.0112. The van der Waals surface area contributed by atoms with Crippen LogP contribution in [0.4, 0.5) is 0 Å². The summed E-state index contributed by atoms with van der Waals surface area (Å²) in [6.07, 6.45) is 2.93. The van der Waals surface area contributed by atoms with Gasteiger partial charge in [-0.1, -0.05) is 17.7 Å². The minimum atomic E-state index is -0.0920. The predicted octanol–water partition coefficient (Wildman–Crippen LogP) is 4.31. The van der Waals surface area contributed by atoms with Gasteiger partial charge in [0.15, 0.2) is 5.78 Å². The number of hydrogen-bond acceptors (Lipinski definition) is 3. The second-order valence-corrected chi connectivity index (χ2v) is 6.16. The number of benzene rings is 1. The molecule has 2 aromatic rings. The summed E-state index contributed by atoms with van der Waals surface area (Å²) in [7, 11) is 1.77. The van der Waals surface area contributed by atoms with E-state index in [0.29, 0.717) is 29.8 Å². The summed E-state index contributed by atoms with van der Waals surface area (Å²) in [5.41, 5.74) is 1.48. The van der Waals surface area contributed by atoms with Crippen LogP contribution < -0.4 is 0 Å². The van der Waals surface area contributed by atoms with Crippen LogP contribution in [0.15, 0.2) is 48.7 Å². The predicted molar refractivity (Wildman–Crippen MR) is 95.1 cm³/mol. The number of amides is 1. The number of carbonyl (C=O) groups excluding carboxylic acids is 2. The van der Waals surface area contributed by atoms with Crippen molar-refractivity contribution in [2.45, 2.75) is 32.2 Å². The third-order valence-electron chi connectivity index (χ3n) is 4.05.